The molecule has 1 aliphatic rings. The minimum atomic E-state index is 0.388. The van der Waals surface area contributed by atoms with Crippen molar-refractivity contribution in [3.05, 3.63) is 48.5 Å². The highest BCUT2D eigenvalue weighted by atomic mass is 16.5. The van der Waals surface area contributed by atoms with Crippen LogP contribution >= 0.6 is 0 Å². The van der Waals surface area contributed by atoms with E-state index < -0.39 is 0 Å². The molecule has 7 heteroatoms. The first-order valence-electron chi connectivity index (χ1n) is 8.14. The molecule has 0 bridgehead atoms. The second-order valence-corrected chi connectivity index (χ2v) is 5.90. The lowest BCUT2D eigenvalue weighted by atomic mass is 10.0. The molecule has 24 heavy (non-hydrogen) atoms. The number of benzene rings is 1. The normalized spacial score (nSPS) is 17.0. The summed E-state index contributed by atoms with van der Waals surface area (Å²) in [5.74, 6) is 1.34. The summed E-state index contributed by atoms with van der Waals surface area (Å²) in [7, 11) is 0. The summed E-state index contributed by atoms with van der Waals surface area (Å²) in [5, 5.41) is 7.22. The number of ether oxygens (including phenoxy) is 1. The summed E-state index contributed by atoms with van der Waals surface area (Å²) in [4.78, 5) is 11.0. The summed E-state index contributed by atoms with van der Waals surface area (Å²) in [6, 6.07) is 8.89. The monoisotopic (exact) mass is 324 g/mol. The fourth-order valence-electron chi connectivity index (χ4n) is 2.97. The molecule has 0 spiro atoms. The average molecular weight is 324 g/mol. The van der Waals surface area contributed by atoms with Gasteiger partial charge in [-0.05, 0) is 12.5 Å². The number of aromatic nitrogens is 5. The molecule has 124 valence electrons. The van der Waals surface area contributed by atoms with Gasteiger partial charge in [0.1, 0.15) is 6.33 Å². The van der Waals surface area contributed by atoms with Crippen molar-refractivity contribution in [2.45, 2.75) is 13.0 Å². The molecule has 0 amide bonds. The molecule has 1 atom stereocenters. The van der Waals surface area contributed by atoms with Crippen LogP contribution in [0.5, 0.6) is 0 Å². The second kappa shape index (κ2) is 6.54. The van der Waals surface area contributed by atoms with E-state index in [-0.39, 0.29) is 0 Å². The second-order valence-electron chi connectivity index (χ2n) is 5.90. The number of nitrogens with zero attached hydrogens (tertiary/aromatic N) is 5. The number of imidazole rings is 1. The van der Waals surface area contributed by atoms with Crippen molar-refractivity contribution < 1.29 is 4.74 Å². The Hall–Kier alpha value is -2.51. The maximum Gasteiger partial charge on any atom is 0.254 e. The van der Waals surface area contributed by atoms with Gasteiger partial charge in [0, 0.05) is 37.1 Å². The summed E-state index contributed by atoms with van der Waals surface area (Å²) in [5.41, 5.74) is 2.32. The van der Waals surface area contributed by atoms with Crippen molar-refractivity contribution in [2.75, 3.05) is 26.3 Å². The van der Waals surface area contributed by atoms with Crippen LogP contribution in [0.1, 0.15) is 18.5 Å². The van der Waals surface area contributed by atoms with Crippen LogP contribution in [0.25, 0.3) is 17.3 Å². The first-order valence-corrected chi connectivity index (χ1v) is 8.14. The molecule has 4 rings (SSSR count). The van der Waals surface area contributed by atoms with Crippen LogP contribution in [-0.2, 0) is 4.74 Å². The van der Waals surface area contributed by atoms with Crippen LogP contribution < -0.4 is 0 Å². The third-order valence-electron chi connectivity index (χ3n) is 4.47. The van der Waals surface area contributed by atoms with Crippen molar-refractivity contribution in [2.24, 2.45) is 0 Å². The zero-order valence-corrected chi connectivity index (χ0v) is 13.6. The fourth-order valence-corrected chi connectivity index (χ4v) is 2.97. The Kier molecular flexibility index (Phi) is 4.10. The number of rotatable bonds is 4. The predicted octanol–water partition coefficient (Wildman–Crippen LogP) is 2.05. The molecule has 7 nitrogen and oxygen atoms in total. The molecule has 1 aromatic carbocycles. The van der Waals surface area contributed by atoms with E-state index in [1.165, 1.54) is 5.56 Å². The lowest BCUT2D eigenvalue weighted by molar-refractivity contribution is 0.0198. The van der Waals surface area contributed by atoms with E-state index in [1.807, 2.05) is 6.20 Å². The third kappa shape index (κ3) is 2.95. The maximum atomic E-state index is 5.43. The Bertz CT molecular complexity index is 774. The van der Waals surface area contributed by atoms with E-state index >= 15 is 0 Å². The zero-order chi connectivity index (χ0) is 16.4. The van der Waals surface area contributed by atoms with Gasteiger partial charge in [0.25, 0.3) is 5.95 Å². The molecule has 2 aromatic heterocycles. The molecule has 3 aromatic rings. The van der Waals surface area contributed by atoms with E-state index in [4.69, 9.17) is 4.74 Å². The molecule has 1 unspecified atom stereocenters. The first-order chi connectivity index (χ1) is 11.8. The van der Waals surface area contributed by atoms with Crippen LogP contribution in [0.4, 0.5) is 0 Å². The lowest BCUT2D eigenvalue weighted by Gasteiger charge is -2.32. The highest BCUT2D eigenvalue weighted by molar-refractivity contribution is 5.55. The van der Waals surface area contributed by atoms with Crippen molar-refractivity contribution in [1.29, 1.82) is 0 Å². The smallest absolute Gasteiger partial charge is 0.254 e. The summed E-state index contributed by atoms with van der Waals surface area (Å²) >= 11 is 0. The number of hydrogen-bond acceptors (Lipinski definition) is 5. The number of hydrogen-bond donors (Lipinski definition) is 1. The molecule has 0 aliphatic carbocycles. The van der Waals surface area contributed by atoms with Gasteiger partial charge in [0.15, 0.2) is 5.82 Å². The van der Waals surface area contributed by atoms with Crippen LogP contribution in [0, 0.1) is 0 Å². The number of aromatic amines is 1. The van der Waals surface area contributed by atoms with Crippen LogP contribution in [0.3, 0.4) is 0 Å². The third-order valence-corrected chi connectivity index (χ3v) is 4.47. The van der Waals surface area contributed by atoms with E-state index in [0.717, 1.165) is 37.7 Å². The largest absolute Gasteiger partial charge is 0.379 e. The minimum Gasteiger partial charge on any atom is -0.379 e. The van der Waals surface area contributed by atoms with Crippen molar-refractivity contribution >= 4 is 0 Å². The van der Waals surface area contributed by atoms with Crippen molar-refractivity contribution in [3.63, 3.8) is 0 Å². The molecule has 1 N–H and O–H groups in total. The molecule has 1 saturated heterocycles. The first kappa shape index (κ1) is 15.0. The molecule has 1 fully saturated rings. The van der Waals surface area contributed by atoms with Crippen LogP contribution in [0.2, 0.25) is 0 Å². The number of morpholine rings is 1. The maximum absolute atomic E-state index is 5.43. The van der Waals surface area contributed by atoms with E-state index in [0.29, 0.717) is 12.0 Å². The topological polar surface area (TPSA) is 71.9 Å². The molecule has 1 aliphatic heterocycles. The van der Waals surface area contributed by atoms with Gasteiger partial charge in [0.05, 0.1) is 13.2 Å². The minimum absolute atomic E-state index is 0.388. The number of H-pyrrole nitrogens is 1. The van der Waals surface area contributed by atoms with E-state index in [2.05, 4.69) is 56.3 Å². The Balaban J connectivity index is 1.51. The van der Waals surface area contributed by atoms with Gasteiger partial charge in [-0.25, -0.2) is 4.98 Å². The SMILES string of the molecule is CC(c1ccc(-c2nc(-n3ccnc3)n[nH]2)cc1)N1CCOCC1. The summed E-state index contributed by atoms with van der Waals surface area (Å²) in [6.07, 6.45) is 5.21. The van der Waals surface area contributed by atoms with Crippen molar-refractivity contribution in [3.8, 4) is 17.3 Å². The number of nitrogens with one attached hydrogen (secondary N) is 1. The van der Waals surface area contributed by atoms with Gasteiger partial charge in [-0.2, -0.15) is 4.98 Å². The van der Waals surface area contributed by atoms with Crippen molar-refractivity contribution in [1.82, 2.24) is 29.6 Å². The Morgan fingerprint density at radius 1 is 1.17 bits per heavy atom. The van der Waals surface area contributed by atoms with E-state index in [9.17, 15) is 0 Å². The Labute approximate surface area is 140 Å². The fraction of sp³-hybridized carbons (Fsp3) is 0.353. The van der Waals surface area contributed by atoms with Gasteiger partial charge in [-0.15, -0.1) is 5.10 Å². The van der Waals surface area contributed by atoms with Gasteiger partial charge in [-0.1, -0.05) is 24.3 Å². The van der Waals surface area contributed by atoms with E-state index in [1.54, 1.807) is 17.1 Å². The Morgan fingerprint density at radius 3 is 2.67 bits per heavy atom. The van der Waals surface area contributed by atoms with Crippen LogP contribution in [0.15, 0.2) is 43.0 Å². The van der Waals surface area contributed by atoms with Gasteiger partial charge >= 0.3 is 0 Å². The molecular formula is C17H20N6O. The van der Waals surface area contributed by atoms with Gasteiger partial charge in [-0.3, -0.25) is 14.6 Å². The Morgan fingerprint density at radius 2 is 1.96 bits per heavy atom. The molecule has 0 radical (unpaired) electrons. The predicted molar refractivity (Wildman–Crippen MR) is 89.7 cm³/mol. The highest BCUT2D eigenvalue weighted by Gasteiger charge is 2.18. The summed E-state index contributed by atoms with van der Waals surface area (Å²) in [6.45, 7) is 5.85. The lowest BCUT2D eigenvalue weighted by Crippen LogP contribution is -2.37. The van der Waals surface area contributed by atoms with Gasteiger partial charge in [0.2, 0.25) is 0 Å². The summed E-state index contributed by atoms with van der Waals surface area (Å²) < 4.78 is 7.20. The van der Waals surface area contributed by atoms with Gasteiger partial charge < -0.3 is 4.74 Å². The van der Waals surface area contributed by atoms with Crippen LogP contribution in [-0.4, -0.2) is 55.9 Å². The molecule has 3 heterocycles. The standard InChI is InChI=1S/C17H20N6O/c1-13(22-8-10-24-11-9-22)14-2-4-15(5-3-14)16-19-17(21-20-16)23-7-6-18-12-23/h2-7,12-13H,8-11H2,1H3,(H,19,20,21). The molecular weight excluding hydrogens is 304 g/mol. The molecule has 0 saturated carbocycles. The zero-order valence-electron chi connectivity index (χ0n) is 13.6. The average Bonchev–Trinajstić information content (AvgIpc) is 3.33. The quantitative estimate of drug-likeness (QED) is 0.795. The highest BCUT2D eigenvalue weighted by Crippen LogP contribution is 2.24.